The number of anilines is 1. The van der Waals surface area contributed by atoms with Crippen LogP contribution < -0.4 is 10.9 Å². The summed E-state index contributed by atoms with van der Waals surface area (Å²) in [6, 6.07) is 17.6. The Labute approximate surface area is 190 Å². The van der Waals surface area contributed by atoms with Gasteiger partial charge in [-0.25, -0.2) is 9.18 Å². The molecule has 5 rings (SSSR count). The van der Waals surface area contributed by atoms with Crippen molar-refractivity contribution in [2.24, 2.45) is 5.92 Å². The number of hydrogen-bond donors (Lipinski definition) is 1. The van der Waals surface area contributed by atoms with E-state index in [1.165, 1.54) is 17.0 Å². The molecule has 2 aliphatic heterocycles. The predicted octanol–water partition coefficient (Wildman–Crippen LogP) is 5.03. The molecule has 32 heavy (non-hydrogen) atoms. The number of nitrogens with one attached hydrogen (secondary N) is 1. The third kappa shape index (κ3) is 3.93. The summed E-state index contributed by atoms with van der Waals surface area (Å²) in [4.78, 5) is 28.6. The van der Waals surface area contributed by atoms with Crippen LogP contribution in [0.25, 0.3) is 11.1 Å². The number of carbonyl (C=O) groups is 1. The van der Waals surface area contributed by atoms with Crippen molar-refractivity contribution in [1.29, 1.82) is 0 Å². The highest BCUT2D eigenvalue weighted by molar-refractivity contribution is 7.98. The van der Waals surface area contributed by atoms with Crippen LogP contribution in [0.4, 0.5) is 14.9 Å². The van der Waals surface area contributed by atoms with Gasteiger partial charge >= 0.3 is 6.03 Å². The summed E-state index contributed by atoms with van der Waals surface area (Å²) in [6.45, 7) is 1.71. The lowest BCUT2D eigenvalue weighted by Gasteiger charge is -2.43. The summed E-state index contributed by atoms with van der Waals surface area (Å²) in [5.74, 6) is -0.0973. The number of urea groups is 1. The monoisotopic (exact) mass is 449 g/mol. The number of fused-ring (bicyclic) bond motifs is 4. The molecule has 1 N–H and O–H groups in total. The summed E-state index contributed by atoms with van der Waals surface area (Å²) in [5.41, 5.74) is 3.59. The van der Waals surface area contributed by atoms with E-state index in [0.717, 1.165) is 23.2 Å². The summed E-state index contributed by atoms with van der Waals surface area (Å²) >= 11 is 1.69. The maximum atomic E-state index is 13.5. The van der Waals surface area contributed by atoms with Gasteiger partial charge in [-0.3, -0.25) is 4.79 Å². The molecule has 1 fully saturated rings. The van der Waals surface area contributed by atoms with E-state index in [-0.39, 0.29) is 29.2 Å². The number of thioether (sulfide) groups is 1. The first-order valence-corrected chi connectivity index (χ1v) is 11.9. The summed E-state index contributed by atoms with van der Waals surface area (Å²) in [5, 5.41) is 2.81. The zero-order chi connectivity index (χ0) is 22.2. The Hall–Kier alpha value is -3.06. The first kappa shape index (κ1) is 20.8. The fourth-order valence-corrected chi connectivity index (χ4v) is 5.37. The number of rotatable bonds is 3. The van der Waals surface area contributed by atoms with Crippen molar-refractivity contribution in [3.8, 4) is 11.1 Å². The van der Waals surface area contributed by atoms with E-state index in [0.29, 0.717) is 25.3 Å². The molecule has 3 aromatic rings. The minimum Gasteiger partial charge on any atom is -0.324 e. The van der Waals surface area contributed by atoms with Crippen LogP contribution in [0.15, 0.2) is 70.4 Å². The van der Waals surface area contributed by atoms with Crippen molar-refractivity contribution in [3.05, 3.63) is 82.5 Å². The number of pyridine rings is 1. The van der Waals surface area contributed by atoms with E-state index in [9.17, 15) is 14.0 Å². The van der Waals surface area contributed by atoms with Gasteiger partial charge in [-0.15, -0.1) is 11.8 Å². The molecule has 2 aliphatic rings. The van der Waals surface area contributed by atoms with Crippen molar-refractivity contribution in [2.75, 3.05) is 24.7 Å². The molecule has 164 valence electrons. The van der Waals surface area contributed by atoms with Crippen LogP contribution in [0.5, 0.6) is 0 Å². The summed E-state index contributed by atoms with van der Waals surface area (Å²) in [7, 11) is 0. The second-order valence-corrected chi connectivity index (χ2v) is 9.33. The number of carbonyl (C=O) groups excluding carboxylic acids is 1. The Bertz CT molecular complexity index is 1220. The Morgan fingerprint density at radius 2 is 1.88 bits per heavy atom. The normalized spacial score (nSPS) is 19.4. The molecule has 2 amide bonds. The molecule has 0 unspecified atom stereocenters. The van der Waals surface area contributed by atoms with Crippen molar-refractivity contribution >= 4 is 23.5 Å². The van der Waals surface area contributed by atoms with E-state index in [1.54, 1.807) is 34.9 Å². The van der Waals surface area contributed by atoms with Gasteiger partial charge in [-0.2, -0.15) is 0 Å². The standard InChI is InChI=1S/C25H24FN3O2S/c1-32-21-7-5-17(6-8-21)22-9-10-23(30)29-14-16-11-18(24(22)29)15-28(13-16)25(31)27-20-4-2-3-19(26)12-20/h2-10,12,16,18H,11,13-15H2,1H3,(H,27,31)/t16-,18+/m0/s1. The van der Waals surface area contributed by atoms with Crippen LogP contribution in [0.2, 0.25) is 0 Å². The van der Waals surface area contributed by atoms with Crippen LogP contribution >= 0.6 is 11.8 Å². The first-order valence-electron chi connectivity index (χ1n) is 10.7. The van der Waals surface area contributed by atoms with Gasteiger partial charge in [0.2, 0.25) is 0 Å². The van der Waals surface area contributed by atoms with Crippen LogP contribution in [0, 0.1) is 11.7 Å². The minimum absolute atomic E-state index is 0.0110. The van der Waals surface area contributed by atoms with Gasteiger partial charge in [-0.1, -0.05) is 18.2 Å². The molecule has 1 saturated heterocycles. The molecule has 0 spiro atoms. The number of halogens is 1. The van der Waals surface area contributed by atoms with Crippen LogP contribution in [0.3, 0.4) is 0 Å². The van der Waals surface area contributed by atoms with Gasteiger partial charge in [0.1, 0.15) is 5.82 Å². The molecule has 2 aromatic carbocycles. The van der Waals surface area contributed by atoms with Gasteiger partial charge in [0.25, 0.3) is 5.56 Å². The van der Waals surface area contributed by atoms with E-state index >= 15 is 0 Å². The first-order chi connectivity index (χ1) is 15.5. The van der Waals surface area contributed by atoms with Crippen molar-refractivity contribution in [1.82, 2.24) is 9.47 Å². The minimum atomic E-state index is -0.385. The molecule has 2 atom stereocenters. The second kappa shape index (κ2) is 8.47. The number of nitrogens with zero attached hydrogens (tertiary/aromatic N) is 2. The Morgan fingerprint density at radius 3 is 2.62 bits per heavy atom. The quantitative estimate of drug-likeness (QED) is 0.571. The topological polar surface area (TPSA) is 54.3 Å². The van der Waals surface area contributed by atoms with Crippen molar-refractivity contribution < 1.29 is 9.18 Å². The number of hydrogen-bond acceptors (Lipinski definition) is 3. The summed E-state index contributed by atoms with van der Waals surface area (Å²) in [6.07, 6.45) is 2.99. The van der Waals surface area contributed by atoms with E-state index in [1.807, 2.05) is 16.9 Å². The zero-order valence-electron chi connectivity index (χ0n) is 17.8. The lowest BCUT2D eigenvalue weighted by atomic mass is 9.80. The lowest BCUT2D eigenvalue weighted by molar-refractivity contribution is 0.140. The van der Waals surface area contributed by atoms with Crippen LogP contribution in [-0.4, -0.2) is 34.8 Å². The average molecular weight is 450 g/mol. The van der Waals surface area contributed by atoms with Crippen molar-refractivity contribution in [3.63, 3.8) is 0 Å². The molecule has 0 aliphatic carbocycles. The van der Waals surface area contributed by atoms with Gasteiger partial charge in [0.05, 0.1) is 0 Å². The number of piperidine rings is 1. The average Bonchev–Trinajstić information content (AvgIpc) is 2.80. The van der Waals surface area contributed by atoms with E-state index in [2.05, 4.69) is 29.6 Å². The third-order valence-corrected chi connectivity index (χ3v) is 7.10. The fraction of sp³-hybridized carbons (Fsp3) is 0.280. The SMILES string of the molecule is CSc1ccc(-c2ccc(=O)n3c2[C@@H]2C[C@@H](CN(C(=O)Nc4cccc(F)c4)C2)C3)cc1. The number of amides is 2. The zero-order valence-corrected chi connectivity index (χ0v) is 18.6. The van der Waals surface area contributed by atoms with Crippen LogP contribution in [-0.2, 0) is 6.54 Å². The third-order valence-electron chi connectivity index (χ3n) is 6.35. The molecule has 1 aromatic heterocycles. The van der Waals surface area contributed by atoms with E-state index < -0.39 is 0 Å². The molecule has 2 bridgehead atoms. The lowest BCUT2D eigenvalue weighted by Crippen LogP contribution is -2.50. The fourth-order valence-electron chi connectivity index (χ4n) is 4.96. The van der Waals surface area contributed by atoms with E-state index in [4.69, 9.17) is 0 Å². The number of benzene rings is 2. The highest BCUT2D eigenvalue weighted by Crippen LogP contribution is 2.40. The highest BCUT2D eigenvalue weighted by Gasteiger charge is 2.37. The smallest absolute Gasteiger partial charge is 0.321 e. The summed E-state index contributed by atoms with van der Waals surface area (Å²) < 4.78 is 15.4. The Kier molecular flexibility index (Phi) is 5.51. The molecule has 0 saturated carbocycles. The highest BCUT2D eigenvalue weighted by atomic mass is 32.2. The van der Waals surface area contributed by atoms with Gasteiger partial charge in [-0.05, 0) is 60.6 Å². The molecular formula is C25H24FN3O2S. The maximum absolute atomic E-state index is 13.5. The maximum Gasteiger partial charge on any atom is 0.321 e. The predicted molar refractivity (Wildman–Crippen MR) is 126 cm³/mol. The number of aromatic nitrogens is 1. The Morgan fingerprint density at radius 1 is 1.06 bits per heavy atom. The van der Waals surface area contributed by atoms with Gasteiger partial charge in [0.15, 0.2) is 0 Å². The number of likely N-dealkylation sites (tertiary alicyclic amines) is 1. The Balaban J connectivity index is 1.45. The second-order valence-electron chi connectivity index (χ2n) is 8.45. The largest absolute Gasteiger partial charge is 0.324 e. The molecule has 7 heteroatoms. The van der Waals surface area contributed by atoms with Gasteiger partial charge in [0, 0.05) is 53.5 Å². The molecule has 5 nitrogen and oxygen atoms in total. The van der Waals surface area contributed by atoms with Crippen LogP contribution in [0.1, 0.15) is 18.0 Å². The molecule has 0 radical (unpaired) electrons. The van der Waals surface area contributed by atoms with Gasteiger partial charge < -0.3 is 14.8 Å². The van der Waals surface area contributed by atoms with Crippen molar-refractivity contribution in [2.45, 2.75) is 23.8 Å². The molecular weight excluding hydrogens is 425 g/mol. The molecule has 3 heterocycles.